The minimum atomic E-state index is -0.351. The van der Waals surface area contributed by atoms with E-state index in [0.29, 0.717) is 17.9 Å². The maximum atomic E-state index is 13.2. The zero-order chi connectivity index (χ0) is 17.5. The molecule has 0 aliphatic heterocycles. The molecule has 0 bridgehead atoms. The first kappa shape index (κ1) is 18.3. The maximum Gasteiger partial charge on any atom is 0.310 e. The van der Waals surface area contributed by atoms with Crippen LogP contribution in [0.5, 0.6) is 5.75 Å². The minimum absolute atomic E-state index is 0.0740. The number of hydrogen-bond donors (Lipinski definition) is 0. The summed E-state index contributed by atoms with van der Waals surface area (Å²) >= 11 is 0. The molecule has 24 heavy (non-hydrogen) atoms. The first-order chi connectivity index (χ1) is 11.6. The maximum absolute atomic E-state index is 13.2. The summed E-state index contributed by atoms with van der Waals surface area (Å²) in [6.45, 7) is 2.17. The van der Waals surface area contributed by atoms with Gasteiger partial charge in [-0.3, -0.25) is 9.59 Å². The number of ether oxygens (including phenoxy) is 2. The summed E-state index contributed by atoms with van der Waals surface area (Å²) in [4.78, 5) is 26.8. The van der Waals surface area contributed by atoms with Crippen molar-refractivity contribution in [2.75, 3.05) is 20.8 Å². The highest BCUT2D eigenvalue weighted by atomic mass is 16.5. The molecule has 0 aromatic heterocycles. The Balaban J connectivity index is 2.26. The van der Waals surface area contributed by atoms with Crippen molar-refractivity contribution in [1.82, 2.24) is 4.90 Å². The van der Waals surface area contributed by atoms with E-state index in [4.69, 9.17) is 9.47 Å². The van der Waals surface area contributed by atoms with Gasteiger partial charge in [-0.2, -0.15) is 0 Å². The molecule has 0 heterocycles. The van der Waals surface area contributed by atoms with Crippen LogP contribution in [-0.2, 0) is 9.53 Å². The minimum Gasteiger partial charge on any atom is -0.496 e. The van der Waals surface area contributed by atoms with Crippen molar-refractivity contribution in [2.24, 2.45) is 5.92 Å². The van der Waals surface area contributed by atoms with Crippen molar-refractivity contribution in [2.45, 2.75) is 45.1 Å². The second kappa shape index (κ2) is 8.71. The van der Waals surface area contributed by atoms with E-state index in [9.17, 15) is 9.59 Å². The number of hydrogen-bond acceptors (Lipinski definition) is 4. The Labute approximate surface area is 143 Å². The summed E-state index contributed by atoms with van der Waals surface area (Å²) in [6.07, 6.45) is 5.41. The van der Waals surface area contributed by atoms with Gasteiger partial charge in [0, 0.05) is 12.6 Å². The third-order valence-electron chi connectivity index (χ3n) is 4.69. The molecular formula is C19H27NO4. The predicted molar refractivity (Wildman–Crippen MR) is 92.1 cm³/mol. The van der Waals surface area contributed by atoms with Crippen molar-refractivity contribution >= 4 is 11.9 Å². The summed E-state index contributed by atoms with van der Waals surface area (Å²) < 4.78 is 10.2. The molecule has 5 heteroatoms. The Hall–Kier alpha value is -2.04. The van der Waals surface area contributed by atoms with Crippen LogP contribution in [-0.4, -0.2) is 43.6 Å². The van der Waals surface area contributed by atoms with Crippen LogP contribution in [0.25, 0.3) is 0 Å². The number of amides is 1. The first-order valence-electron chi connectivity index (χ1n) is 8.60. The normalized spacial score (nSPS) is 16.3. The topological polar surface area (TPSA) is 55.8 Å². The summed E-state index contributed by atoms with van der Waals surface area (Å²) in [7, 11) is 2.94. The Morgan fingerprint density at radius 1 is 1.17 bits per heavy atom. The first-order valence-corrected chi connectivity index (χ1v) is 8.60. The Morgan fingerprint density at radius 3 is 2.46 bits per heavy atom. The fourth-order valence-corrected chi connectivity index (χ4v) is 3.34. The van der Waals surface area contributed by atoms with E-state index < -0.39 is 0 Å². The summed E-state index contributed by atoms with van der Waals surface area (Å²) in [5.74, 6) is -0.150. The average Bonchev–Trinajstić information content (AvgIpc) is 2.65. The van der Waals surface area contributed by atoms with Crippen LogP contribution in [0.1, 0.15) is 49.4 Å². The zero-order valence-corrected chi connectivity index (χ0v) is 14.8. The molecule has 1 aromatic carbocycles. The van der Waals surface area contributed by atoms with Crippen LogP contribution in [0.3, 0.4) is 0 Å². The lowest BCUT2D eigenvalue weighted by atomic mass is 9.92. The molecule has 1 aliphatic rings. The van der Waals surface area contributed by atoms with Gasteiger partial charge < -0.3 is 14.4 Å². The lowest BCUT2D eigenvalue weighted by Gasteiger charge is -2.36. The molecule has 1 fully saturated rings. The van der Waals surface area contributed by atoms with Crippen molar-refractivity contribution in [3.05, 3.63) is 29.8 Å². The van der Waals surface area contributed by atoms with E-state index in [1.165, 1.54) is 13.5 Å². The summed E-state index contributed by atoms with van der Waals surface area (Å²) in [6, 6.07) is 7.41. The number of esters is 1. The number of carbonyl (C=O) groups is 2. The van der Waals surface area contributed by atoms with Crippen molar-refractivity contribution in [1.29, 1.82) is 0 Å². The van der Waals surface area contributed by atoms with Gasteiger partial charge in [-0.25, -0.2) is 0 Å². The van der Waals surface area contributed by atoms with Gasteiger partial charge >= 0.3 is 5.97 Å². The number of rotatable bonds is 6. The molecule has 1 amide bonds. The molecule has 5 nitrogen and oxygen atoms in total. The zero-order valence-electron chi connectivity index (χ0n) is 14.8. The van der Waals surface area contributed by atoms with Crippen molar-refractivity contribution < 1.29 is 19.1 Å². The van der Waals surface area contributed by atoms with Crippen LogP contribution in [0.2, 0.25) is 0 Å². The highest BCUT2D eigenvalue weighted by Crippen LogP contribution is 2.27. The summed E-state index contributed by atoms with van der Waals surface area (Å²) in [5, 5.41) is 0. The van der Waals surface area contributed by atoms with Gasteiger partial charge in [-0.1, -0.05) is 38.3 Å². The second-order valence-corrected chi connectivity index (χ2v) is 6.37. The summed E-state index contributed by atoms with van der Waals surface area (Å²) in [5.41, 5.74) is 0.544. The van der Waals surface area contributed by atoms with E-state index in [-0.39, 0.29) is 23.8 Å². The Bertz CT molecular complexity index is 566. The molecule has 132 valence electrons. The Morgan fingerprint density at radius 2 is 1.83 bits per heavy atom. The molecule has 2 rings (SSSR count). The van der Waals surface area contributed by atoms with Gasteiger partial charge in [0.1, 0.15) is 5.75 Å². The van der Waals surface area contributed by atoms with Crippen molar-refractivity contribution in [3.8, 4) is 5.75 Å². The van der Waals surface area contributed by atoms with Crippen LogP contribution >= 0.6 is 0 Å². The van der Waals surface area contributed by atoms with Crippen LogP contribution in [0.15, 0.2) is 24.3 Å². The Kier molecular flexibility index (Phi) is 6.64. The van der Waals surface area contributed by atoms with E-state index in [2.05, 4.69) is 0 Å². The number of nitrogens with zero attached hydrogens (tertiary/aromatic N) is 1. The number of methoxy groups -OCH3 is 2. The standard InChI is InChI=1S/C19H27NO4/c1-14(19(22)24-3)13-20(15-9-5-4-6-10-15)18(21)16-11-7-8-12-17(16)23-2/h7-8,11-12,14-15H,4-6,9-10,13H2,1-3H3. The largest absolute Gasteiger partial charge is 0.496 e. The highest BCUT2D eigenvalue weighted by molar-refractivity contribution is 5.97. The third kappa shape index (κ3) is 4.28. The van der Waals surface area contributed by atoms with Crippen molar-refractivity contribution in [3.63, 3.8) is 0 Å². The molecule has 1 aromatic rings. The fourth-order valence-electron chi connectivity index (χ4n) is 3.34. The number of benzene rings is 1. The number of carbonyl (C=O) groups excluding carboxylic acids is 2. The molecule has 1 aliphatic carbocycles. The molecule has 0 saturated heterocycles. The van der Waals surface area contributed by atoms with E-state index in [1.54, 1.807) is 26.2 Å². The number of para-hydroxylation sites is 1. The van der Waals surface area contributed by atoms with Gasteiger partial charge in [-0.05, 0) is 25.0 Å². The highest BCUT2D eigenvalue weighted by Gasteiger charge is 2.30. The molecule has 1 unspecified atom stereocenters. The van der Waals surface area contributed by atoms with Crippen LogP contribution < -0.4 is 4.74 Å². The lowest BCUT2D eigenvalue weighted by molar-refractivity contribution is -0.145. The SMILES string of the molecule is COC(=O)C(C)CN(C(=O)c1ccccc1OC)C1CCCCC1. The van der Waals surface area contributed by atoms with E-state index >= 15 is 0 Å². The smallest absolute Gasteiger partial charge is 0.310 e. The molecule has 0 radical (unpaired) electrons. The van der Waals surface area contributed by atoms with E-state index in [1.807, 2.05) is 17.0 Å². The van der Waals surface area contributed by atoms with Crippen LogP contribution in [0, 0.1) is 5.92 Å². The quantitative estimate of drug-likeness (QED) is 0.750. The molecule has 1 atom stereocenters. The van der Waals surface area contributed by atoms with Gasteiger partial charge in [0.2, 0.25) is 0 Å². The van der Waals surface area contributed by atoms with Gasteiger partial charge in [0.05, 0.1) is 25.7 Å². The van der Waals surface area contributed by atoms with Gasteiger partial charge in [0.15, 0.2) is 0 Å². The average molecular weight is 333 g/mol. The predicted octanol–water partition coefficient (Wildman–Crippen LogP) is 3.28. The molecular weight excluding hydrogens is 306 g/mol. The molecule has 0 spiro atoms. The fraction of sp³-hybridized carbons (Fsp3) is 0.579. The molecule has 0 N–H and O–H groups in total. The van der Waals surface area contributed by atoms with E-state index in [0.717, 1.165) is 25.7 Å². The molecule has 1 saturated carbocycles. The van der Waals surface area contributed by atoms with Gasteiger partial charge in [0.25, 0.3) is 5.91 Å². The lowest BCUT2D eigenvalue weighted by Crippen LogP contribution is -2.45. The van der Waals surface area contributed by atoms with Gasteiger partial charge in [-0.15, -0.1) is 0 Å². The monoisotopic (exact) mass is 333 g/mol. The third-order valence-corrected chi connectivity index (χ3v) is 4.69. The van der Waals surface area contributed by atoms with Crippen LogP contribution in [0.4, 0.5) is 0 Å². The second-order valence-electron chi connectivity index (χ2n) is 6.37.